The van der Waals surface area contributed by atoms with Crippen LogP contribution in [0.1, 0.15) is 18.1 Å². The minimum absolute atomic E-state index is 0.00327. The van der Waals surface area contributed by atoms with Crippen molar-refractivity contribution in [1.82, 2.24) is 5.32 Å². The Morgan fingerprint density at radius 2 is 1.76 bits per heavy atom. The molecule has 2 amide bonds. The Bertz CT molecular complexity index is 1180. The predicted molar refractivity (Wildman–Crippen MR) is 124 cm³/mol. The van der Waals surface area contributed by atoms with E-state index in [9.17, 15) is 18.0 Å². The number of sulfonamides is 1. The van der Waals surface area contributed by atoms with Crippen molar-refractivity contribution < 1.29 is 27.5 Å². The van der Waals surface area contributed by atoms with Crippen molar-refractivity contribution in [2.45, 2.75) is 31.2 Å². The molecular weight excluding hydrogens is 450 g/mol. The Balaban J connectivity index is 2.03. The Kier molecular flexibility index (Phi) is 8.38. The van der Waals surface area contributed by atoms with Gasteiger partial charge in [0.1, 0.15) is 6.04 Å². The summed E-state index contributed by atoms with van der Waals surface area (Å²) in [4.78, 5) is 28.6. The van der Waals surface area contributed by atoms with Crippen LogP contribution in [0, 0.1) is 6.92 Å². The zero-order valence-corrected chi connectivity index (χ0v) is 19.5. The van der Waals surface area contributed by atoms with Gasteiger partial charge in [0.15, 0.2) is 17.5 Å². The standard InChI is InChI=1S/C21H27N5O6S/c1-12-5-7-15(33(23,29)30)11-16(12)25-20(28)13(2)24-21(22)26-19(27)10-14-6-8-17(31-3)18(9-14)32-4/h5-9,11,13H,10H2,1-4H3,(H,25,28)(H2,23,29,30)(H3,22,24,26,27)/t13-/m1/s1. The number of rotatable bonds is 8. The second-order valence-corrected chi connectivity index (χ2v) is 8.68. The number of hydrogen-bond donors (Lipinski definition) is 4. The van der Waals surface area contributed by atoms with Gasteiger partial charge in [-0.1, -0.05) is 12.1 Å². The highest BCUT2D eigenvalue weighted by Crippen LogP contribution is 2.27. The summed E-state index contributed by atoms with van der Waals surface area (Å²) in [7, 11) is -0.924. The summed E-state index contributed by atoms with van der Waals surface area (Å²) in [5, 5.41) is 10.1. The van der Waals surface area contributed by atoms with E-state index >= 15 is 0 Å². The topological polar surface area (TPSA) is 175 Å². The maximum Gasteiger partial charge on any atom is 0.249 e. The molecule has 6 N–H and O–H groups in total. The largest absolute Gasteiger partial charge is 0.493 e. The van der Waals surface area contributed by atoms with Gasteiger partial charge in [0.05, 0.1) is 25.5 Å². The fourth-order valence-electron chi connectivity index (χ4n) is 2.81. The van der Waals surface area contributed by atoms with Crippen LogP contribution in [0.15, 0.2) is 46.3 Å². The first kappa shape index (κ1) is 25.6. The van der Waals surface area contributed by atoms with E-state index in [-0.39, 0.29) is 23.0 Å². The Morgan fingerprint density at radius 3 is 2.36 bits per heavy atom. The lowest BCUT2D eigenvalue weighted by Gasteiger charge is -2.13. The number of methoxy groups -OCH3 is 2. The molecule has 0 aliphatic carbocycles. The second kappa shape index (κ2) is 10.8. The third-order valence-electron chi connectivity index (χ3n) is 4.59. The van der Waals surface area contributed by atoms with Crippen LogP contribution in [0.3, 0.4) is 0 Å². The summed E-state index contributed by atoms with van der Waals surface area (Å²) >= 11 is 0. The van der Waals surface area contributed by atoms with E-state index in [4.69, 9.17) is 20.3 Å². The van der Waals surface area contributed by atoms with Crippen LogP contribution < -0.4 is 31.0 Å². The van der Waals surface area contributed by atoms with E-state index < -0.39 is 27.9 Å². The molecule has 0 radical (unpaired) electrons. The normalized spacial score (nSPS) is 12.6. The molecular formula is C21H27N5O6S. The summed E-state index contributed by atoms with van der Waals surface area (Å²) in [6.45, 7) is 3.17. The number of nitrogens with one attached hydrogen (secondary N) is 2. The molecule has 0 aromatic heterocycles. The summed E-state index contributed by atoms with van der Waals surface area (Å²) in [5.41, 5.74) is 7.33. The number of carbonyl (C=O) groups excluding carboxylic acids is 2. The average Bonchev–Trinajstić information content (AvgIpc) is 2.73. The lowest BCUT2D eigenvalue weighted by Crippen LogP contribution is -2.39. The summed E-state index contributed by atoms with van der Waals surface area (Å²) in [6, 6.07) is 8.21. The van der Waals surface area contributed by atoms with Crippen molar-refractivity contribution in [3.05, 3.63) is 47.5 Å². The summed E-state index contributed by atoms with van der Waals surface area (Å²) in [5.74, 6) is -0.211. The van der Waals surface area contributed by atoms with E-state index in [1.54, 1.807) is 25.1 Å². The zero-order valence-electron chi connectivity index (χ0n) is 18.7. The van der Waals surface area contributed by atoms with E-state index in [2.05, 4.69) is 15.6 Å². The number of nitrogens with zero attached hydrogens (tertiary/aromatic N) is 1. The number of anilines is 1. The van der Waals surface area contributed by atoms with Gasteiger partial charge in [-0.3, -0.25) is 14.9 Å². The minimum atomic E-state index is -3.93. The van der Waals surface area contributed by atoms with E-state index in [0.717, 1.165) is 0 Å². The summed E-state index contributed by atoms with van der Waals surface area (Å²) in [6.07, 6.45) is -0.00327. The van der Waals surface area contributed by atoms with Gasteiger partial charge >= 0.3 is 0 Å². The van der Waals surface area contributed by atoms with Gasteiger partial charge in [-0.05, 0) is 49.2 Å². The SMILES string of the molecule is COc1ccc(CC(=O)NC(N)=N[C@H](C)C(=O)Nc2cc(S(N)(=O)=O)ccc2C)cc1OC. The lowest BCUT2D eigenvalue weighted by molar-refractivity contribution is -0.119. The van der Waals surface area contributed by atoms with Crippen molar-refractivity contribution in [3.8, 4) is 11.5 Å². The fraction of sp³-hybridized carbons (Fsp3) is 0.286. The second-order valence-electron chi connectivity index (χ2n) is 7.12. The predicted octanol–water partition coefficient (Wildman–Crippen LogP) is 0.660. The molecule has 2 rings (SSSR count). The smallest absolute Gasteiger partial charge is 0.249 e. The Morgan fingerprint density at radius 1 is 1.09 bits per heavy atom. The van der Waals surface area contributed by atoms with Gasteiger partial charge in [0.2, 0.25) is 21.8 Å². The van der Waals surface area contributed by atoms with Crippen LogP contribution in [0.5, 0.6) is 11.5 Å². The van der Waals surface area contributed by atoms with Gasteiger partial charge in [0.25, 0.3) is 0 Å². The van der Waals surface area contributed by atoms with Gasteiger partial charge in [-0.2, -0.15) is 0 Å². The van der Waals surface area contributed by atoms with E-state index in [0.29, 0.717) is 22.6 Å². The first-order valence-corrected chi connectivity index (χ1v) is 11.3. The molecule has 0 fully saturated rings. The van der Waals surface area contributed by atoms with Crippen LogP contribution in [0.4, 0.5) is 5.69 Å². The van der Waals surface area contributed by atoms with Gasteiger partial charge < -0.3 is 20.5 Å². The number of aliphatic imine (C=N–C) groups is 1. The first-order chi connectivity index (χ1) is 15.4. The van der Waals surface area contributed by atoms with Gasteiger partial charge in [0, 0.05) is 5.69 Å². The maximum absolute atomic E-state index is 12.5. The van der Waals surface area contributed by atoms with E-state index in [1.807, 2.05) is 0 Å². The van der Waals surface area contributed by atoms with Crippen molar-refractivity contribution in [3.63, 3.8) is 0 Å². The molecule has 0 saturated heterocycles. The number of ether oxygens (including phenoxy) is 2. The highest BCUT2D eigenvalue weighted by molar-refractivity contribution is 7.89. The summed E-state index contributed by atoms with van der Waals surface area (Å²) < 4.78 is 33.4. The molecule has 1 atom stereocenters. The van der Waals surface area contributed by atoms with Crippen LogP contribution >= 0.6 is 0 Å². The molecule has 178 valence electrons. The molecule has 0 heterocycles. The molecule has 0 saturated carbocycles. The van der Waals surface area contributed by atoms with Crippen LogP contribution in [0.2, 0.25) is 0 Å². The minimum Gasteiger partial charge on any atom is -0.493 e. The highest BCUT2D eigenvalue weighted by Gasteiger charge is 2.17. The van der Waals surface area contributed by atoms with Gasteiger partial charge in [-0.25, -0.2) is 18.5 Å². The highest BCUT2D eigenvalue weighted by atomic mass is 32.2. The molecule has 33 heavy (non-hydrogen) atoms. The van der Waals surface area contributed by atoms with Crippen molar-refractivity contribution in [2.24, 2.45) is 15.9 Å². The number of guanidine groups is 1. The third kappa shape index (κ3) is 7.19. The molecule has 2 aromatic rings. The Labute approximate surface area is 192 Å². The zero-order chi connectivity index (χ0) is 24.8. The molecule has 0 aliphatic rings. The molecule has 0 spiro atoms. The molecule has 0 unspecified atom stereocenters. The molecule has 2 aromatic carbocycles. The number of amides is 2. The molecule has 0 aliphatic heterocycles. The van der Waals surface area contributed by atoms with Gasteiger partial charge in [-0.15, -0.1) is 0 Å². The first-order valence-electron chi connectivity index (χ1n) is 9.73. The van der Waals surface area contributed by atoms with Crippen molar-refractivity contribution in [2.75, 3.05) is 19.5 Å². The number of carbonyl (C=O) groups is 2. The van der Waals surface area contributed by atoms with Crippen molar-refractivity contribution >= 4 is 33.5 Å². The number of aryl methyl sites for hydroxylation is 1. The number of benzene rings is 2. The number of primary sulfonamides is 1. The lowest BCUT2D eigenvalue weighted by atomic mass is 10.1. The Hall–Kier alpha value is -3.64. The fourth-order valence-corrected chi connectivity index (χ4v) is 3.35. The van der Waals surface area contributed by atoms with Crippen LogP contribution in [-0.4, -0.2) is 46.5 Å². The van der Waals surface area contributed by atoms with E-state index in [1.165, 1.54) is 39.3 Å². The monoisotopic (exact) mass is 477 g/mol. The number of nitrogens with two attached hydrogens (primary N) is 2. The number of hydrogen-bond acceptors (Lipinski definition) is 7. The molecule has 0 bridgehead atoms. The quantitative estimate of drug-likeness (QED) is 0.319. The maximum atomic E-state index is 12.5. The van der Waals surface area contributed by atoms with Crippen molar-refractivity contribution in [1.29, 1.82) is 0 Å². The van der Waals surface area contributed by atoms with Crippen LogP contribution in [0.25, 0.3) is 0 Å². The van der Waals surface area contributed by atoms with Crippen LogP contribution in [-0.2, 0) is 26.0 Å². The third-order valence-corrected chi connectivity index (χ3v) is 5.50. The molecule has 11 nitrogen and oxygen atoms in total. The average molecular weight is 478 g/mol. The molecule has 12 heteroatoms.